The molecular weight excluding hydrogens is 208 g/mol. The molecule has 0 radical (unpaired) electrons. The second-order valence-electron chi connectivity index (χ2n) is 2.42. The number of methoxy groups -OCH3 is 2. The zero-order valence-electron chi connectivity index (χ0n) is 7.90. The Morgan fingerprint density at radius 3 is 2.13 bits per heavy atom. The maximum Gasteiger partial charge on any atom is 0.377 e. The van der Waals surface area contributed by atoms with Gasteiger partial charge in [-0.2, -0.15) is 0 Å². The number of esters is 2. The van der Waals surface area contributed by atoms with Gasteiger partial charge in [0.1, 0.15) is 0 Å². The van der Waals surface area contributed by atoms with Crippen molar-refractivity contribution in [1.82, 2.24) is 0 Å². The van der Waals surface area contributed by atoms with Crippen LogP contribution in [0.15, 0.2) is 4.42 Å². The summed E-state index contributed by atoms with van der Waals surface area (Å²) in [6.45, 7) is 0. The summed E-state index contributed by atoms with van der Waals surface area (Å²) in [7, 11) is 2.06. The van der Waals surface area contributed by atoms with Crippen molar-refractivity contribution in [2.24, 2.45) is 0 Å². The van der Waals surface area contributed by atoms with E-state index in [4.69, 9.17) is 5.11 Å². The van der Waals surface area contributed by atoms with Crippen molar-refractivity contribution >= 4 is 11.9 Å². The van der Waals surface area contributed by atoms with Gasteiger partial charge in [0.15, 0.2) is 5.75 Å². The van der Waals surface area contributed by atoms with Gasteiger partial charge in [0.25, 0.3) is 5.76 Å². The molecule has 7 heteroatoms. The lowest BCUT2D eigenvalue weighted by molar-refractivity contribution is -0.271. The van der Waals surface area contributed by atoms with E-state index in [2.05, 4.69) is 13.9 Å². The molecule has 1 N–H and O–H groups in total. The van der Waals surface area contributed by atoms with Gasteiger partial charge in [0, 0.05) is 0 Å². The topological polar surface area (TPSA) is 109 Å². The minimum atomic E-state index is -1.11. The number of furan rings is 1. The Balaban J connectivity index is 3.24. The predicted octanol–water partition coefficient (Wildman–Crippen LogP) is -0.368. The highest BCUT2D eigenvalue weighted by Gasteiger charge is 2.24. The number of carbonyl (C=O) groups is 2. The van der Waals surface area contributed by atoms with E-state index in [1.807, 2.05) is 0 Å². The Morgan fingerprint density at radius 2 is 1.67 bits per heavy atom. The molecule has 0 bridgehead atoms. The fraction of sp³-hybridized carbons (Fsp3) is 0.250. The summed E-state index contributed by atoms with van der Waals surface area (Å²) in [4.78, 5) is 21.9. The van der Waals surface area contributed by atoms with Crippen molar-refractivity contribution in [2.75, 3.05) is 14.2 Å². The molecule has 0 aliphatic rings. The lowest BCUT2D eigenvalue weighted by atomic mass is 10.3. The molecule has 15 heavy (non-hydrogen) atoms. The SMILES string of the molecule is COC(=O)c1oc(C(=O)OC)c(O)c1[O-]. The third-order valence-electron chi connectivity index (χ3n) is 1.58. The summed E-state index contributed by atoms with van der Waals surface area (Å²) in [5.74, 6) is -5.70. The summed E-state index contributed by atoms with van der Waals surface area (Å²) in [6, 6.07) is 0. The third kappa shape index (κ3) is 1.71. The van der Waals surface area contributed by atoms with E-state index in [-0.39, 0.29) is 0 Å². The highest BCUT2D eigenvalue weighted by molar-refractivity contribution is 5.96. The molecule has 7 nitrogen and oxygen atoms in total. The fourth-order valence-corrected chi connectivity index (χ4v) is 0.866. The highest BCUT2D eigenvalue weighted by Crippen LogP contribution is 2.34. The minimum absolute atomic E-state index is 0.720. The Bertz CT molecular complexity index is 367. The molecule has 0 atom stereocenters. The van der Waals surface area contributed by atoms with Crippen LogP contribution in [0.2, 0.25) is 0 Å². The maximum absolute atomic E-state index is 11.2. The number of hydrogen-bond donors (Lipinski definition) is 1. The van der Waals surface area contributed by atoms with Crippen LogP contribution in [0.3, 0.4) is 0 Å². The minimum Gasteiger partial charge on any atom is -0.867 e. The van der Waals surface area contributed by atoms with E-state index >= 15 is 0 Å². The van der Waals surface area contributed by atoms with Crippen LogP contribution in [0, 0.1) is 0 Å². The fourth-order valence-electron chi connectivity index (χ4n) is 0.866. The summed E-state index contributed by atoms with van der Waals surface area (Å²) in [5.41, 5.74) is 0. The largest absolute Gasteiger partial charge is 0.867 e. The van der Waals surface area contributed by atoms with Crippen LogP contribution >= 0.6 is 0 Å². The summed E-state index contributed by atoms with van der Waals surface area (Å²) >= 11 is 0. The molecule has 0 amide bonds. The van der Waals surface area contributed by atoms with Crippen molar-refractivity contribution in [1.29, 1.82) is 0 Å². The standard InChI is InChI=1S/C8H8O7/c1-13-7(11)5-3(9)4(10)6(15-5)8(12)14-2/h9-10H,1-2H3/p-1. The lowest BCUT2D eigenvalue weighted by Gasteiger charge is -2.02. The van der Waals surface area contributed by atoms with Crippen LogP contribution in [-0.2, 0) is 9.47 Å². The quantitative estimate of drug-likeness (QED) is 0.670. The molecular formula is C8H7O7-. The van der Waals surface area contributed by atoms with Gasteiger partial charge >= 0.3 is 11.9 Å². The second-order valence-corrected chi connectivity index (χ2v) is 2.42. The Morgan fingerprint density at radius 1 is 1.20 bits per heavy atom. The van der Waals surface area contributed by atoms with Gasteiger partial charge < -0.3 is 24.1 Å². The zero-order chi connectivity index (χ0) is 11.6. The third-order valence-corrected chi connectivity index (χ3v) is 1.58. The van der Waals surface area contributed by atoms with E-state index < -0.39 is 35.0 Å². The first-order chi connectivity index (χ1) is 7.02. The van der Waals surface area contributed by atoms with Crippen LogP contribution in [0.25, 0.3) is 0 Å². The van der Waals surface area contributed by atoms with E-state index in [1.165, 1.54) is 0 Å². The molecule has 0 aliphatic carbocycles. The average Bonchev–Trinajstić information content (AvgIpc) is 2.54. The van der Waals surface area contributed by atoms with Crippen molar-refractivity contribution in [3.05, 3.63) is 11.5 Å². The molecule has 0 saturated carbocycles. The molecule has 82 valence electrons. The summed E-state index contributed by atoms with van der Waals surface area (Å²) in [5, 5.41) is 20.3. The van der Waals surface area contributed by atoms with E-state index in [0.717, 1.165) is 14.2 Å². The van der Waals surface area contributed by atoms with Crippen molar-refractivity contribution in [3.8, 4) is 11.5 Å². The first-order valence-corrected chi connectivity index (χ1v) is 3.72. The molecule has 0 fully saturated rings. The number of carbonyl (C=O) groups excluding carboxylic acids is 2. The molecule has 1 heterocycles. The van der Waals surface area contributed by atoms with Crippen molar-refractivity contribution < 1.29 is 33.7 Å². The predicted molar refractivity (Wildman–Crippen MR) is 42.5 cm³/mol. The average molecular weight is 215 g/mol. The van der Waals surface area contributed by atoms with E-state index in [9.17, 15) is 14.7 Å². The smallest absolute Gasteiger partial charge is 0.377 e. The molecule has 0 spiro atoms. The Labute approximate surface area is 83.8 Å². The molecule has 1 aromatic heterocycles. The van der Waals surface area contributed by atoms with Crippen molar-refractivity contribution in [3.63, 3.8) is 0 Å². The second kappa shape index (κ2) is 3.91. The van der Waals surface area contributed by atoms with Gasteiger partial charge in [-0.1, -0.05) is 0 Å². The van der Waals surface area contributed by atoms with Crippen LogP contribution in [0.5, 0.6) is 11.5 Å². The monoisotopic (exact) mass is 215 g/mol. The van der Waals surface area contributed by atoms with Gasteiger partial charge in [0.2, 0.25) is 5.76 Å². The molecule has 0 aliphatic heterocycles. The molecule has 0 unspecified atom stereocenters. The van der Waals surface area contributed by atoms with Gasteiger partial charge in [-0.3, -0.25) is 0 Å². The summed E-state index contributed by atoms with van der Waals surface area (Å²) in [6.07, 6.45) is 0. The van der Waals surface area contributed by atoms with Gasteiger partial charge in [-0.05, 0) is 5.75 Å². The first-order valence-electron chi connectivity index (χ1n) is 3.72. The first kappa shape index (κ1) is 10.9. The number of ether oxygens (including phenoxy) is 2. The Kier molecular flexibility index (Phi) is 2.84. The van der Waals surface area contributed by atoms with E-state index in [0.29, 0.717) is 0 Å². The van der Waals surface area contributed by atoms with Crippen LogP contribution in [0.4, 0.5) is 0 Å². The molecule has 1 aromatic rings. The van der Waals surface area contributed by atoms with Crippen molar-refractivity contribution in [2.45, 2.75) is 0 Å². The molecule has 1 rings (SSSR count). The number of aromatic hydroxyl groups is 1. The van der Waals surface area contributed by atoms with Crippen LogP contribution in [-0.4, -0.2) is 31.3 Å². The van der Waals surface area contributed by atoms with Crippen LogP contribution in [0.1, 0.15) is 21.1 Å². The van der Waals surface area contributed by atoms with E-state index in [1.54, 1.807) is 0 Å². The lowest BCUT2D eigenvalue weighted by Crippen LogP contribution is -2.03. The normalized spacial score (nSPS) is 9.73. The molecule has 0 aromatic carbocycles. The zero-order valence-corrected chi connectivity index (χ0v) is 7.90. The number of hydrogen-bond acceptors (Lipinski definition) is 7. The molecule has 0 saturated heterocycles. The van der Waals surface area contributed by atoms with Gasteiger partial charge in [-0.25, -0.2) is 9.59 Å². The number of rotatable bonds is 2. The summed E-state index contributed by atoms with van der Waals surface area (Å²) < 4.78 is 13.0. The Hall–Kier alpha value is -2.18. The van der Waals surface area contributed by atoms with Gasteiger partial charge in [0.05, 0.1) is 14.2 Å². The van der Waals surface area contributed by atoms with Crippen LogP contribution < -0.4 is 5.11 Å². The highest BCUT2D eigenvalue weighted by atomic mass is 16.6. The maximum atomic E-state index is 11.2. The van der Waals surface area contributed by atoms with Gasteiger partial charge in [-0.15, -0.1) is 0 Å².